The van der Waals surface area contributed by atoms with Gasteiger partial charge in [-0.25, -0.2) is 0 Å². The van der Waals surface area contributed by atoms with Crippen molar-refractivity contribution in [3.05, 3.63) is 28.4 Å². The number of furan rings is 1. The SMILES string of the molecule is COc1cc(Br)cc2cc([C@H](C)O)oc12. The van der Waals surface area contributed by atoms with Crippen LogP contribution in [0.25, 0.3) is 11.0 Å². The molecule has 0 aliphatic heterocycles. The normalized spacial score (nSPS) is 13.1. The minimum absolute atomic E-state index is 0.543. The van der Waals surface area contributed by atoms with Crippen LogP contribution in [-0.4, -0.2) is 12.2 Å². The fourth-order valence-corrected chi connectivity index (χ4v) is 1.92. The van der Waals surface area contributed by atoms with Gasteiger partial charge in [-0.15, -0.1) is 0 Å². The number of aliphatic hydroxyl groups excluding tert-OH is 1. The van der Waals surface area contributed by atoms with Crippen molar-refractivity contribution >= 4 is 26.9 Å². The number of fused-ring (bicyclic) bond motifs is 1. The lowest BCUT2D eigenvalue weighted by Gasteiger charge is -2.01. The first-order valence-electron chi connectivity index (χ1n) is 4.57. The van der Waals surface area contributed by atoms with E-state index in [1.165, 1.54) is 0 Å². The largest absolute Gasteiger partial charge is 0.493 e. The summed E-state index contributed by atoms with van der Waals surface area (Å²) in [7, 11) is 1.59. The maximum atomic E-state index is 9.41. The maximum absolute atomic E-state index is 9.41. The molecule has 0 spiro atoms. The number of methoxy groups -OCH3 is 1. The first-order chi connectivity index (χ1) is 7.11. The number of halogens is 1. The second kappa shape index (κ2) is 3.87. The molecule has 2 aromatic rings. The predicted octanol–water partition coefficient (Wildman–Crippen LogP) is 3.26. The predicted molar refractivity (Wildman–Crippen MR) is 61.1 cm³/mol. The van der Waals surface area contributed by atoms with Crippen molar-refractivity contribution in [1.82, 2.24) is 0 Å². The van der Waals surface area contributed by atoms with Crippen molar-refractivity contribution in [3.63, 3.8) is 0 Å². The van der Waals surface area contributed by atoms with E-state index in [4.69, 9.17) is 9.15 Å². The van der Waals surface area contributed by atoms with Crippen LogP contribution in [0.4, 0.5) is 0 Å². The van der Waals surface area contributed by atoms with Crippen LogP contribution in [0.5, 0.6) is 5.75 Å². The topological polar surface area (TPSA) is 42.6 Å². The van der Waals surface area contributed by atoms with E-state index in [0.29, 0.717) is 17.1 Å². The Labute approximate surface area is 95.8 Å². The maximum Gasteiger partial charge on any atom is 0.176 e. The summed E-state index contributed by atoms with van der Waals surface area (Å²) in [5, 5.41) is 10.3. The summed E-state index contributed by atoms with van der Waals surface area (Å²) < 4.78 is 11.6. The van der Waals surface area contributed by atoms with Gasteiger partial charge in [0.05, 0.1) is 7.11 Å². The van der Waals surface area contributed by atoms with Gasteiger partial charge >= 0.3 is 0 Å². The van der Waals surface area contributed by atoms with Crippen LogP contribution < -0.4 is 4.74 Å². The summed E-state index contributed by atoms with van der Waals surface area (Å²) in [6.07, 6.45) is -0.610. The third-order valence-electron chi connectivity index (χ3n) is 2.20. The molecule has 1 aromatic heterocycles. The van der Waals surface area contributed by atoms with Gasteiger partial charge in [-0.1, -0.05) is 15.9 Å². The minimum atomic E-state index is -0.610. The van der Waals surface area contributed by atoms with Gasteiger partial charge in [-0.2, -0.15) is 0 Å². The summed E-state index contributed by atoms with van der Waals surface area (Å²) in [5.74, 6) is 1.20. The number of hydrogen-bond donors (Lipinski definition) is 1. The molecule has 0 aliphatic rings. The molecule has 3 nitrogen and oxygen atoms in total. The molecule has 4 heteroatoms. The molecule has 80 valence electrons. The molecule has 1 heterocycles. The molecular formula is C11H11BrO3. The molecule has 0 saturated heterocycles. The van der Waals surface area contributed by atoms with Crippen LogP contribution in [0.15, 0.2) is 27.1 Å². The van der Waals surface area contributed by atoms with Gasteiger partial charge in [-0.05, 0) is 25.1 Å². The lowest BCUT2D eigenvalue weighted by atomic mass is 10.2. The van der Waals surface area contributed by atoms with E-state index >= 15 is 0 Å². The van der Waals surface area contributed by atoms with E-state index in [9.17, 15) is 5.11 Å². The van der Waals surface area contributed by atoms with Crippen molar-refractivity contribution in [2.45, 2.75) is 13.0 Å². The highest BCUT2D eigenvalue weighted by Crippen LogP contribution is 2.33. The number of aliphatic hydroxyl groups is 1. The molecule has 0 fully saturated rings. The van der Waals surface area contributed by atoms with Crippen molar-refractivity contribution < 1.29 is 14.3 Å². The molecule has 1 aromatic carbocycles. The van der Waals surface area contributed by atoms with Crippen molar-refractivity contribution in [1.29, 1.82) is 0 Å². The van der Waals surface area contributed by atoms with E-state index < -0.39 is 6.10 Å². The summed E-state index contributed by atoms with van der Waals surface area (Å²) in [6.45, 7) is 1.67. The lowest BCUT2D eigenvalue weighted by molar-refractivity contribution is 0.172. The number of ether oxygens (including phenoxy) is 1. The van der Waals surface area contributed by atoms with Crippen LogP contribution >= 0.6 is 15.9 Å². The van der Waals surface area contributed by atoms with Crippen molar-refractivity contribution in [3.8, 4) is 5.75 Å². The fraction of sp³-hybridized carbons (Fsp3) is 0.273. The van der Waals surface area contributed by atoms with E-state index in [0.717, 1.165) is 9.86 Å². The van der Waals surface area contributed by atoms with Gasteiger partial charge in [0.25, 0.3) is 0 Å². The summed E-state index contributed by atoms with van der Waals surface area (Å²) in [4.78, 5) is 0. The first-order valence-corrected chi connectivity index (χ1v) is 5.36. The van der Waals surface area contributed by atoms with Crippen LogP contribution in [0.1, 0.15) is 18.8 Å². The number of hydrogen-bond acceptors (Lipinski definition) is 3. The Bertz CT molecular complexity index is 488. The summed E-state index contributed by atoms with van der Waals surface area (Å²) in [6, 6.07) is 5.57. The second-order valence-electron chi connectivity index (χ2n) is 3.35. The Morgan fingerprint density at radius 3 is 2.73 bits per heavy atom. The van der Waals surface area contributed by atoms with Gasteiger partial charge in [0.15, 0.2) is 11.3 Å². The molecule has 1 atom stereocenters. The van der Waals surface area contributed by atoms with Gasteiger partial charge in [0.1, 0.15) is 11.9 Å². The summed E-state index contributed by atoms with van der Waals surface area (Å²) >= 11 is 3.39. The molecule has 1 N–H and O–H groups in total. The van der Waals surface area contributed by atoms with Gasteiger partial charge < -0.3 is 14.3 Å². The highest BCUT2D eigenvalue weighted by atomic mass is 79.9. The molecule has 2 rings (SSSR count). The number of benzene rings is 1. The van der Waals surface area contributed by atoms with Crippen LogP contribution in [0.2, 0.25) is 0 Å². The lowest BCUT2D eigenvalue weighted by Crippen LogP contribution is -1.85. The molecule has 15 heavy (non-hydrogen) atoms. The molecular weight excluding hydrogens is 260 g/mol. The molecule has 0 radical (unpaired) electrons. The Kier molecular flexibility index (Phi) is 2.71. The molecule has 0 saturated carbocycles. The second-order valence-corrected chi connectivity index (χ2v) is 4.27. The minimum Gasteiger partial charge on any atom is -0.493 e. The average molecular weight is 271 g/mol. The van der Waals surface area contributed by atoms with Crippen LogP contribution in [-0.2, 0) is 0 Å². The van der Waals surface area contributed by atoms with E-state index in [1.54, 1.807) is 14.0 Å². The van der Waals surface area contributed by atoms with Gasteiger partial charge in [0.2, 0.25) is 0 Å². The Morgan fingerprint density at radius 2 is 2.13 bits per heavy atom. The molecule has 0 unspecified atom stereocenters. The smallest absolute Gasteiger partial charge is 0.176 e. The van der Waals surface area contributed by atoms with Crippen LogP contribution in [0.3, 0.4) is 0 Å². The third-order valence-corrected chi connectivity index (χ3v) is 2.66. The zero-order valence-electron chi connectivity index (χ0n) is 8.45. The van der Waals surface area contributed by atoms with E-state index in [1.807, 2.05) is 18.2 Å². The van der Waals surface area contributed by atoms with Gasteiger partial charge in [-0.3, -0.25) is 0 Å². The highest BCUT2D eigenvalue weighted by molar-refractivity contribution is 9.10. The zero-order valence-corrected chi connectivity index (χ0v) is 10.0. The van der Waals surface area contributed by atoms with Crippen molar-refractivity contribution in [2.24, 2.45) is 0 Å². The molecule has 0 amide bonds. The Hall–Kier alpha value is -1.00. The summed E-state index contributed by atoms with van der Waals surface area (Å²) in [5.41, 5.74) is 0.664. The molecule has 0 aliphatic carbocycles. The number of rotatable bonds is 2. The van der Waals surface area contributed by atoms with E-state index in [-0.39, 0.29) is 0 Å². The quantitative estimate of drug-likeness (QED) is 0.911. The average Bonchev–Trinajstić information content (AvgIpc) is 2.59. The standard InChI is InChI=1S/C11H11BrO3/c1-6(13)9-4-7-3-8(12)5-10(14-2)11(7)15-9/h3-6,13H,1-2H3/t6-/m0/s1. The Balaban J connectivity index is 2.68. The van der Waals surface area contributed by atoms with E-state index in [2.05, 4.69) is 15.9 Å². The molecule has 0 bridgehead atoms. The Morgan fingerprint density at radius 1 is 1.40 bits per heavy atom. The van der Waals surface area contributed by atoms with Crippen molar-refractivity contribution in [2.75, 3.05) is 7.11 Å². The zero-order chi connectivity index (χ0) is 11.0. The highest BCUT2D eigenvalue weighted by Gasteiger charge is 2.12. The third kappa shape index (κ3) is 1.87. The van der Waals surface area contributed by atoms with Gasteiger partial charge in [0, 0.05) is 9.86 Å². The fourth-order valence-electron chi connectivity index (χ4n) is 1.46. The monoisotopic (exact) mass is 270 g/mol. The first kappa shape index (κ1) is 10.5. The van der Waals surface area contributed by atoms with Crippen LogP contribution in [0, 0.1) is 0 Å².